The highest BCUT2D eigenvalue weighted by atomic mass is 31.0. The molecule has 0 spiro atoms. The molecule has 110 valence electrons. The molecule has 0 aromatic heterocycles. The molecule has 1 unspecified atom stereocenters. The molecule has 1 atom stereocenters. The summed E-state index contributed by atoms with van der Waals surface area (Å²) < 4.78 is 0. The minimum atomic E-state index is -0.0640. The van der Waals surface area contributed by atoms with Crippen molar-refractivity contribution >= 4 is 9.24 Å². The molecule has 0 saturated heterocycles. The van der Waals surface area contributed by atoms with Gasteiger partial charge in [0.2, 0.25) is 0 Å². The second-order valence-electron chi connectivity index (χ2n) is 5.61. The van der Waals surface area contributed by atoms with Gasteiger partial charge in [-0.2, -0.15) is 0 Å². The predicted octanol–water partition coefficient (Wildman–Crippen LogP) is 5.02. The molecule has 0 N–H and O–H groups in total. The zero-order chi connectivity index (χ0) is 15.3. The molecule has 0 aliphatic carbocycles. The van der Waals surface area contributed by atoms with Gasteiger partial charge in [-0.05, 0) is 32.4 Å². The lowest BCUT2D eigenvalue weighted by Gasteiger charge is -2.35. The highest BCUT2D eigenvalue weighted by molar-refractivity contribution is 7.16. The first kappa shape index (κ1) is 15.0. The topological polar surface area (TPSA) is 0 Å². The van der Waals surface area contributed by atoms with E-state index in [0.29, 0.717) is 0 Å². The molecule has 0 amide bonds. The third kappa shape index (κ3) is 2.72. The average molecular weight is 305 g/mol. The summed E-state index contributed by atoms with van der Waals surface area (Å²) in [5, 5.41) is 0. The smallest absolute Gasteiger partial charge is 0.0541 e. The molecule has 0 nitrogen and oxygen atoms in total. The summed E-state index contributed by atoms with van der Waals surface area (Å²) in [6.07, 6.45) is 2.28. The molecule has 0 bridgehead atoms. The van der Waals surface area contributed by atoms with E-state index in [-0.39, 0.29) is 5.41 Å². The molecule has 3 rings (SSSR count). The van der Waals surface area contributed by atoms with Crippen LogP contribution >= 0.6 is 9.24 Å². The fraction of sp³-hybridized carbons (Fsp3) is 0.143. The van der Waals surface area contributed by atoms with Crippen LogP contribution in [0.4, 0.5) is 0 Å². The number of hydrogen-bond donors (Lipinski definition) is 0. The summed E-state index contributed by atoms with van der Waals surface area (Å²) in [7, 11) is 2.06. The fourth-order valence-corrected chi connectivity index (χ4v) is 3.90. The molecule has 0 saturated carbocycles. The third-order valence-electron chi connectivity index (χ3n) is 4.35. The van der Waals surface area contributed by atoms with Crippen LogP contribution in [0.3, 0.4) is 0 Å². The first-order chi connectivity index (χ1) is 10.9. The van der Waals surface area contributed by atoms with Crippen LogP contribution in [0.25, 0.3) is 0 Å². The minimum Gasteiger partial charge on any atom is -0.0622 e. The number of rotatable bonds is 5. The average Bonchev–Trinajstić information content (AvgIpc) is 2.62. The van der Waals surface area contributed by atoms with Gasteiger partial charge in [-0.15, -0.1) is 0 Å². The van der Waals surface area contributed by atoms with Crippen molar-refractivity contribution in [3.63, 3.8) is 0 Å². The summed E-state index contributed by atoms with van der Waals surface area (Å²) in [6, 6.07) is 32.7. The van der Waals surface area contributed by atoms with Crippen LogP contribution in [0.15, 0.2) is 91.0 Å². The molecule has 0 aliphatic rings. The van der Waals surface area contributed by atoms with Crippen molar-refractivity contribution in [2.75, 3.05) is 6.16 Å². The summed E-state index contributed by atoms with van der Waals surface area (Å²) in [5.41, 5.74) is 4.06. The van der Waals surface area contributed by atoms with Crippen LogP contribution in [0.1, 0.15) is 23.1 Å². The molecule has 0 fully saturated rings. The Morgan fingerprint density at radius 1 is 0.545 bits per heavy atom. The molecule has 0 aliphatic heterocycles. The first-order valence-electron chi connectivity index (χ1n) is 7.84. The highest BCUT2D eigenvalue weighted by Gasteiger charge is 2.35. The number of hydrogen-bond acceptors (Lipinski definition) is 0. The van der Waals surface area contributed by atoms with Crippen molar-refractivity contribution in [3.05, 3.63) is 108 Å². The maximum absolute atomic E-state index is 2.26. The van der Waals surface area contributed by atoms with E-state index < -0.39 is 0 Å². The van der Waals surface area contributed by atoms with E-state index in [1.807, 2.05) is 0 Å². The Bertz CT molecular complexity index is 593. The summed E-state index contributed by atoms with van der Waals surface area (Å²) in [4.78, 5) is 0. The van der Waals surface area contributed by atoms with E-state index in [2.05, 4.69) is 100 Å². The van der Waals surface area contributed by atoms with Gasteiger partial charge >= 0.3 is 0 Å². The van der Waals surface area contributed by atoms with E-state index in [0.717, 1.165) is 6.42 Å². The van der Waals surface area contributed by atoms with Gasteiger partial charge in [0.1, 0.15) is 0 Å². The molecule has 3 aromatic carbocycles. The molecular weight excluding hydrogens is 283 g/mol. The van der Waals surface area contributed by atoms with Crippen LogP contribution < -0.4 is 0 Å². The SMILES string of the molecule is [PH3+]CCC(c1ccccc1)(c1ccccc1)c1ccccc1. The van der Waals surface area contributed by atoms with Gasteiger partial charge in [0.25, 0.3) is 0 Å². The second-order valence-corrected chi connectivity index (χ2v) is 6.31. The van der Waals surface area contributed by atoms with Gasteiger partial charge in [-0.25, -0.2) is 0 Å². The van der Waals surface area contributed by atoms with Gasteiger partial charge in [-0.3, -0.25) is 0 Å². The maximum atomic E-state index is 2.26. The van der Waals surface area contributed by atoms with E-state index in [1.165, 1.54) is 22.9 Å². The molecule has 22 heavy (non-hydrogen) atoms. The summed E-state index contributed by atoms with van der Waals surface area (Å²) in [5.74, 6) is 0. The first-order valence-corrected chi connectivity index (χ1v) is 8.84. The summed E-state index contributed by atoms with van der Waals surface area (Å²) in [6.45, 7) is 0. The van der Waals surface area contributed by atoms with E-state index >= 15 is 0 Å². The zero-order valence-corrected chi connectivity index (χ0v) is 14.2. The van der Waals surface area contributed by atoms with E-state index in [4.69, 9.17) is 0 Å². The molecular formula is C21H22P+. The van der Waals surface area contributed by atoms with Gasteiger partial charge in [-0.1, -0.05) is 91.0 Å². The molecule has 0 radical (unpaired) electrons. The fourth-order valence-electron chi connectivity index (χ4n) is 3.37. The quantitative estimate of drug-likeness (QED) is 0.459. The second kappa shape index (κ2) is 6.90. The Morgan fingerprint density at radius 2 is 0.864 bits per heavy atom. The van der Waals surface area contributed by atoms with Gasteiger partial charge < -0.3 is 0 Å². The zero-order valence-electron chi connectivity index (χ0n) is 12.8. The lowest BCUT2D eigenvalue weighted by molar-refractivity contribution is 0.599. The van der Waals surface area contributed by atoms with Crippen molar-refractivity contribution in [3.8, 4) is 0 Å². The van der Waals surface area contributed by atoms with Crippen molar-refractivity contribution in [2.45, 2.75) is 11.8 Å². The van der Waals surface area contributed by atoms with Crippen molar-refractivity contribution in [2.24, 2.45) is 0 Å². The normalized spacial score (nSPS) is 11.5. The highest BCUT2D eigenvalue weighted by Crippen LogP contribution is 2.42. The Labute approximate surface area is 135 Å². The lowest BCUT2D eigenvalue weighted by Crippen LogP contribution is -2.30. The van der Waals surface area contributed by atoms with Crippen LogP contribution in [-0.4, -0.2) is 6.16 Å². The largest absolute Gasteiger partial charge is 0.0622 e. The monoisotopic (exact) mass is 305 g/mol. The van der Waals surface area contributed by atoms with E-state index in [9.17, 15) is 0 Å². The maximum Gasteiger partial charge on any atom is 0.0541 e. The van der Waals surface area contributed by atoms with Crippen LogP contribution in [0.5, 0.6) is 0 Å². The minimum absolute atomic E-state index is 0.0640. The van der Waals surface area contributed by atoms with Crippen molar-refractivity contribution in [1.82, 2.24) is 0 Å². The van der Waals surface area contributed by atoms with Gasteiger partial charge in [0.15, 0.2) is 0 Å². The Morgan fingerprint density at radius 3 is 1.14 bits per heavy atom. The third-order valence-corrected chi connectivity index (χ3v) is 4.71. The number of benzene rings is 3. The molecule has 1 heteroatoms. The molecule has 3 aromatic rings. The Hall–Kier alpha value is -1.91. The Balaban J connectivity index is 2.29. The van der Waals surface area contributed by atoms with Gasteiger partial charge in [0.05, 0.1) is 6.16 Å². The van der Waals surface area contributed by atoms with Crippen LogP contribution in [-0.2, 0) is 5.41 Å². The van der Waals surface area contributed by atoms with Crippen LogP contribution in [0.2, 0.25) is 0 Å². The lowest BCUT2D eigenvalue weighted by atomic mass is 9.68. The molecule has 0 heterocycles. The van der Waals surface area contributed by atoms with Crippen LogP contribution in [0, 0.1) is 0 Å². The van der Waals surface area contributed by atoms with E-state index in [1.54, 1.807) is 0 Å². The predicted molar refractivity (Wildman–Crippen MR) is 99.8 cm³/mol. The van der Waals surface area contributed by atoms with Crippen molar-refractivity contribution < 1.29 is 0 Å². The van der Waals surface area contributed by atoms with Crippen molar-refractivity contribution in [1.29, 1.82) is 0 Å². The summed E-state index contributed by atoms with van der Waals surface area (Å²) >= 11 is 0. The van der Waals surface area contributed by atoms with Gasteiger partial charge in [0, 0.05) is 5.41 Å². The Kier molecular flexibility index (Phi) is 4.71. The standard InChI is InChI=1S/C21H21P/c22-17-16-21(18-10-4-1-5-11-18,19-12-6-2-7-13-19)20-14-8-3-9-15-20/h1-15H,16-17,22H2/p+1.